The summed E-state index contributed by atoms with van der Waals surface area (Å²) in [6.07, 6.45) is 1.10. The third-order valence-electron chi connectivity index (χ3n) is 4.86. The number of thioether (sulfide) groups is 1. The zero-order valence-corrected chi connectivity index (χ0v) is 21.4. The minimum atomic E-state index is -3.59. The molecular formula is C24H23Cl2FN2O3S2. The van der Waals surface area contributed by atoms with Gasteiger partial charge >= 0.3 is 0 Å². The predicted octanol–water partition coefficient (Wildman–Crippen LogP) is 5.76. The Kier molecular flexibility index (Phi) is 9.24. The number of carbonyl (C=O) groups is 1. The van der Waals surface area contributed by atoms with Gasteiger partial charge in [-0.3, -0.25) is 9.10 Å². The second kappa shape index (κ2) is 11.9. The van der Waals surface area contributed by atoms with Crippen LogP contribution in [0.3, 0.4) is 0 Å². The van der Waals surface area contributed by atoms with E-state index in [9.17, 15) is 17.6 Å². The standard InChI is InChI=1S/C24H23Cl2FN2O3S2/c1-34(31,32)29(15-17-2-8-21(27)9-3-17)22-10-5-18(6-11-22)24(30)28-12-13-33-16-19-4-7-20(25)14-23(19)26/h2-11,14H,12-13,15-16H2,1H3,(H,28,30). The molecule has 34 heavy (non-hydrogen) atoms. The fourth-order valence-electron chi connectivity index (χ4n) is 3.09. The van der Waals surface area contributed by atoms with Crippen molar-refractivity contribution in [3.8, 4) is 0 Å². The molecule has 10 heteroatoms. The fraction of sp³-hybridized carbons (Fsp3) is 0.208. The number of halogens is 3. The molecule has 0 aliphatic rings. The molecule has 0 aromatic heterocycles. The van der Waals surface area contributed by atoms with Gasteiger partial charge in [0.1, 0.15) is 5.82 Å². The first-order valence-corrected chi connectivity index (χ1v) is 14.0. The smallest absolute Gasteiger partial charge is 0.251 e. The molecule has 0 saturated carbocycles. The van der Waals surface area contributed by atoms with Gasteiger partial charge in [-0.15, -0.1) is 0 Å². The SMILES string of the molecule is CS(=O)(=O)N(Cc1ccc(F)cc1)c1ccc(C(=O)NCCSCc2ccc(Cl)cc2Cl)cc1. The van der Waals surface area contributed by atoms with Crippen molar-refractivity contribution in [2.75, 3.05) is 22.9 Å². The Balaban J connectivity index is 1.54. The van der Waals surface area contributed by atoms with Crippen molar-refractivity contribution in [1.82, 2.24) is 5.32 Å². The lowest BCUT2D eigenvalue weighted by molar-refractivity contribution is 0.0956. The van der Waals surface area contributed by atoms with Gasteiger partial charge in [0.25, 0.3) is 5.91 Å². The first-order chi connectivity index (χ1) is 16.1. The summed E-state index contributed by atoms with van der Waals surface area (Å²) in [7, 11) is -3.59. The van der Waals surface area contributed by atoms with Crippen LogP contribution >= 0.6 is 35.0 Å². The van der Waals surface area contributed by atoms with Crippen LogP contribution < -0.4 is 9.62 Å². The van der Waals surface area contributed by atoms with Crippen molar-refractivity contribution in [2.45, 2.75) is 12.3 Å². The molecule has 3 rings (SSSR count). The molecule has 0 fully saturated rings. The van der Waals surface area contributed by atoms with Gasteiger partial charge in [-0.05, 0) is 59.7 Å². The van der Waals surface area contributed by atoms with Gasteiger partial charge in [-0.1, -0.05) is 41.4 Å². The van der Waals surface area contributed by atoms with Gasteiger partial charge in [0, 0.05) is 33.7 Å². The minimum Gasteiger partial charge on any atom is -0.351 e. The fourth-order valence-corrected chi connectivity index (χ4v) is 5.40. The quantitative estimate of drug-likeness (QED) is 0.332. The number of carbonyl (C=O) groups excluding carboxylic acids is 1. The Morgan fingerprint density at radius 3 is 2.32 bits per heavy atom. The molecule has 0 spiro atoms. The van der Waals surface area contributed by atoms with E-state index in [4.69, 9.17) is 23.2 Å². The number of nitrogens with one attached hydrogen (secondary N) is 1. The summed E-state index contributed by atoms with van der Waals surface area (Å²) in [5, 5.41) is 4.06. The highest BCUT2D eigenvalue weighted by Crippen LogP contribution is 2.25. The molecule has 0 radical (unpaired) electrons. The molecule has 3 aromatic carbocycles. The van der Waals surface area contributed by atoms with Crippen LogP contribution in [0.15, 0.2) is 66.7 Å². The molecule has 0 bridgehead atoms. The Morgan fingerprint density at radius 1 is 1.03 bits per heavy atom. The van der Waals surface area contributed by atoms with Gasteiger partial charge in [0.2, 0.25) is 10.0 Å². The van der Waals surface area contributed by atoms with E-state index in [1.165, 1.54) is 28.6 Å². The van der Waals surface area contributed by atoms with Gasteiger partial charge in [0.05, 0.1) is 18.5 Å². The summed E-state index contributed by atoms with van der Waals surface area (Å²) in [6.45, 7) is 0.524. The number of hydrogen-bond acceptors (Lipinski definition) is 4. The lowest BCUT2D eigenvalue weighted by Gasteiger charge is -2.22. The van der Waals surface area contributed by atoms with Crippen LogP contribution in [-0.2, 0) is 22.3 Å². The molecule has 5 nitrogen and oxygen atoms in total. The summed E-state index contributed by atoms with van der Waals surface area (Å²) < 4.78 is 39.0. The van der Waals surface area contributed by atoms with E-state index in [1.54, 1.807) is 48.2 Å². The highest BCUT2D eigenvalue weighted by Gasteiger charge is 2.18. The van der Waals surface area contributed by atoms with Crippen molar-refractivity contribution in [1.29, 1.82) is 0 Å². The zero-order chi connectivity index (χ0) is 24.7. The first kappa shape index (κ1) is 26.3. The number of amides is 1. The molecule has 0 heterocycles. The lowest BCUT2D eigenvalue weighted by Crippen LogP contribution is -2.29. The van der Waals surface area contributed by atoms with E-state index in [-0.39, 0.29) is 12.5 Å². The molecule has 0 aliphatic heterocycles. The maximum atomic E-state index is 13.2. The Morgan fingerprint density at radius 2 is 1.71 bits per heavy atom. The number of nitrogens with zero attached hydrogens (tertiary/aromatic N) is 1. The summed E-state index contributed by atoms with van der Waals surface area (Å²) in [4.78, 5) is 12.4. The molecule has 180 valence electrons. The van der Waals surface area contributed by atoms with Gasteiger partial charge in [-0.2, -0.15) is 11.8 Å². The van der Waals surface area contributed by atoms with Crippen molar-refractivity contribution in [3.63, 3.8) is 0 Å². The predicted molar refractivity (Wildman–Crippen MR) is 139 cm³/mol. The van der Waals surface area contributed by atoms with Crippen LogP contribution in [0.4, 0.5) is 10.1 Å². The summed E-state index contributed by atoms with van der Waals surface area (Å²) in [5.74, 6) is 0.761. The largest absolute Gasteiger partial charge is 0.351 e. The molecule has 3 aromatic rings. The van der Waals surface area contributed by atoms with Gasteiger partial charge in [0.15, 0.2) is 0 Å². The monoisotopic (exact) mass is 540 g/mol. The van der Waals surface area contributed by atoms with Crippen molar-refractivity contribution < 1.29 is 17.6 Å². The molecule has 0 unspecified atom stereocenters. The number of benzene rings is 3. The zero-order valence-electron chi connectivity index (χ0n) is 18.3. The van der Waals surface area contributed by atoms with Crippen LogP contribution in [0.2, 0.25) is 10.0 Å². The summed E-state index contributed by atoms with van der Waals surface area (Å²) in [6, 6.07) is 17.3. The molecule has 0 aliphatic carbocycles. The van der Waals surface area contributed by atoms with Gasteiger partial charge in [-0.25, -0.2) is 12.8 Å². The van der Waals surface area contributed by atoms with E-state index < -0.39 is 15.8 Å². The van der Waals surface area contributed by atoms with Crippen molar-refractivity contribution in [3.05, 3.63) is 99.3 Å². The van der Waals surface area contributed by atoms with E-state index >= 15 is 0 Å². The maximum Gasteiger partial charge on any atom is 0.251 e. The molecule has 0 atom stereocenters. The second-order valence-electron chi connectivity index (χ2n) is 7.49. The molecule has 1 N–H and O–H groups in total. The lowest BCUT2D eigenvalue weighted by atomic mass is 10.1. The Bertz CT molecular complexity index is 1240. The third-order valence-corrected chi connectivity index (χ3v) is 7.60. The molecule has 0 saturated heterocycles. The van der Waals surface area contributed by atoms with E-state index in [0.717, 1.165) is 11.8 Å². The van der Waals surface area contributed by atoms with E-state index in [2.05, 4.69) is 5.32 Å². The number of sulfonamides is 1. The Labute approximate surface area is 213 Å². The highest BCUT2D eigenvalue weighted by atomic mass is 35.5. The number of anilines is 1. The van der Waals surface area contributed by atoms with Gasteiger partial charge < -0.3 is 5.32 Å². The minimum absolute atomic E-state index is 0.0551. The van der Waals surface area contributed by atoms with Crippen molar-refractivity contribution >= 4 is 56.6 Å². The third kappa shape index (κ3) is 7.63. The summed E-state index contributed by atoms with van der Waals surface area (Å²) >= 11 is 13.7. The topological polar surface area (TPSA) is 66.5 Å². The van der Waals surface area contributed by atoms with Crippen molar-refractivity contribution in [2.24, 2.45) is 0 Å². The van der Waals surface area contributed by atoms with E-state index in [0.29, 0.717) is 44.9 Å². The second-order valence-corrected chi connectivity index (χ2v) is 11.3. The number of rotatable bonds is 10. The average Bonchev–Trinajstić information content (AvgIpc) is 2.79. The number of hydrogen-bond donors (Lipinski definition) is 1. The summed E-state index contributed by atoms with van der Waals surface area (Å²) in [5.41, 5.74) is 2.46. The maximum absolute atomic E-state index is 13.2. The molecule has 1 amide bonds. The highest BCUT2D eigenvalue weighted by molar-refractivity contribution is 7.98. The van der Waals surface area contributed by atoms with Crippen LogP contribution in [0, 0.1) is 5.82 Å². The van der Waals surface area contributed by atoms with Crippen LogP contribution in [0.5, 0.6) is 0 Å². The van der Waals surface area contributed by atoms with Crippen LogP contribution in [-0.4, -0.2) is 32.9 Å². The average molecular weight is 541 g/mol. The van der Waals surface area contributed by atoms with E-state index in [1.807, 2.05) is 6.07 Å². The first-order valence-electron chi connectivity index (χ1n) is 10.3. The van der Waals surface area contributed by atoms with Crippen LogP contribution in [0.25, 0.3) is 0 Å². The van der Waals surface area contributed by atoms with Crippen LogP contribution in [0.1, 0.15) is 21.5 Å². The normalized spacial score (nSPS) is 11.3. The Hall–Kier alpha value is -2.26. The molecular weight excluding hydrogens is 518 g/mol.